The molecule has 182 valence electrons. The average Bonchev–Trinajstić information content (AvgIpc) is 2.81. The van der Waals surface area contributed by atoms with Crippen LogP contribution in [0.15, 0.2) is 48.8 Å². The largest absolute Gasteiger partial charge is 0.389 e. The molecule has 0 bridgehead atoms. The summed E-state index contributed by atoms with van der Waals surface area (Å²) >= 11 is 6.68. The SMILES string of the molecule is Cc1nc2ccc(-c3cnc(C(C)(C)O)nc3)cc2c(N[C@H](C)c2cc(C(C)O)ccc2F)c1Cl. The fourth-order valence-electron chi connectivity index (χ4n) is 3.92. The van der Waals surface area contributed by atoms with Gasteiger partial charge in [0.25, 0.3) is 0 Å². The highest BCUT2D eigenvalue weighted by Crippen LogP contribution is 2.37. The van der Waals surface area contributed by atoms with Crippen LogP contribution in [0, 0.1) is 12.7 Å². The molecule has 4 rings (SSSR count). The average molecular weight is 495 g/mol. The van der Waals surface area contributed by atoms with E-state index in [1.807, 2.05) is 32.0 Å². The Balaban J connectivity index is 1.77. The van der Waals surface area contributed by atoms with Gasteiger partial charge in [-0.15, -0.1) is 0 Å². The second-order valence-electron chi connectivity index (χ2n) is 9.30. The molecule has 0 spiro atoms. The molecule has 0 aliphatic heterocycles. The molecule has 0 saturated carbocycles. The first-order valence-corrected chi connectivity index (χ1v) is 11.7. The van der Waals surface area contributed by atoms with Gasteiger partial charge in [0.2, 0.25) is 0 Å². The standard InChI is InChI=1S/C27H28ClFN4O2/c1-14(20-10-17(16(3)34)6-8-22(20)29)33-25-21-11-18(7-9-23(21)32-15(2)24(25)28)19-12-30-26(31-13-19)27(4,5)35/h6-14,16,34-35H,1-5H3,(H,32,33)/t14-,16?/m1/s1. The van der Waals surface area contributed by atoms with Crippen molar-refractivity contribution in [3.05, 3.63) is 82.3 Å². The Labute approximate surface area is 208 Å². The van der Waals surface area contributed by atoms with E-state index in [2.05, 4.69) is 20.3 Å². The van der Waals surface area contributed by atoms with Crippen molar-refractivity contribution in [2.75, 3.05) is 5.32 Å². The smallest absolute Gasteiger partial charge is 0.159 e. The molecule has 8 heteroatoms. The van der Waals surface area contributed by atoms with E-state index in [4.69, 9.17) is 11.6 Å². The van der Waals surface area contributed by atoms with Crippen LogP contribution in [0.3, 0.4) is 0 Å². The van der Waals surface area contributed by atoms with E-state index in [0.717, 1.165) is 22.0 Å². The lowest BCUT2D eigenvalue weighted by Crippen LogP contribution is -2.19. The zero-order valence-electron chi connectivity index (χ0n) is 20.3. The molecule has 1 unspecified atom stereocenters. The summed E-state index contributed by atoms with van der Waals surface area (Å²) in [5.41, 5.74) is 3.56. The lowest BCUT2D eigenvalue weighted by atomic mass is 10.0. The van der Waals surface area contributed by atoms with Crippen molar-refractivity contribution in [1.82, 2.24) is 15.0 Å². The number of benzene rings is 2. The Bertz CT molecular complexity index is 1390. The molecular formula is C27H28ClFN4O2. The van der Waals surface area contributed by atoms with Crippen molar-refractivity contribution in [3.8, 4) is 11.1 Å². The number of halogens is 2. The third-order valence-corrected chi connectivity index (χ3v) is 6.42. The molecule has 3 N–H and O–H groups in total. The summed E-state index contributed by atoms with van der Waals surface area (Å²) in [4.78, 5) is 13.2. The first kappa shape index (κ1) is 25.0. The Morgan fingerprint density at radius 3 is 2.34 bits per heavy atom. The summed E-state index contributed by atoms with van der Waals surface area (Å²) in [7, 11) is 0. The van der Waals surface area contributed by atoms with Crippen molar-refractivity contribution in [1.29, 1.82) is 0 Å². The monoisotopic (exact) mass is 494 g/mol. The third kappa shape index (κ3) is 5.12. The topological polar surface area (TPSA) is 91.2 Å². The minimum Gasteiger partial charge on any atom is -0.389 e. The summed E-state index contributed by atoms with van der Waals surface area (Å²) in [6.07, 6.45) is 2.62. The number of fused-ring (bicyclic) bond motifs is 1. The molecule has 6 nitrogen and oxygen atoms in total. The third-order valence-electron chi connectivity index (χ3n) is 5.95. The van der Waals surface area contributed by atoms with E-state index in [1.165, 1.54) is 6.07 Å². The molecule has 0 aliphatic carbocycles. The second-order valence-corrected chi connectivity index (χ2v) is 9.67. The van der Waals surface area contributed by atoms with Crippen LogP contribution in [0.1, 0.15) is 62.5 Å². The molecule has 0 fully saturated rings. The molecule has 2 atom stereocenters. The number of pyridine rings is 1. The highest BCUT2D eigenvalue weighted by Gasteiger charge is 2.20. The van der Waals surface area contributed by atoms with Gasteiger partial charge in [0.05, 0.1) is 34.1 Å². The maximum Gasteiger partial charge on any atom is 0.159 e. The van der Waals surface area contributed by atoms with Gasteiger partial charge < -0.3 is 15.5 Å². The maximum absolute atomic E-state index is 14.7. The number of aliphatic hydroxyl groups is 2. The van der Waals surface area contributed by atoms with E-state index in [-0.39, 0.29) is 5.82 Å². The van der Waals surface area contributed by atoms with Crippen LogP contribution in [0.5, 0.6) is 0 Å². The molecule has 35 heavy (non-hydrogen) atoms. The van der Waals surface area contributed by atoms with Gasteiger partial charge in [-0.25, -0.2) is 14.4 Å². The molecule has 0 aliphatic rings. The second kappa shape index (κ2) is 9.49. The van der Waals surface area contributed by atoms with Crippen LogP contribution >= 0.6 is 11.6 Å². The fraction of sp³-hybridized carbons (Fsp3) is 0.296. The molecular weight excluding hydrogens is 467 g/mol. The molecule has 2 aromatic carbocycles. The van der Waals surface area contributed by atoms with E-state index < -0.39 is 17.7 Å². The first-order chi connectivity index (χ1) is 16.5. The van der Waals surface area contributed by atoms with Crippen molar-refractivity contribution >= 4 is 28.2 Å². The van der Waals surface area contributed by atoms with Crippen LogP contribution in [0.25, 0.3) is 22.0 Å². The number of aryl methyl sites for hydroxylation is 1. The van der Waals surface area contributed by atoms with E-state index in [9.17, 15) is 14.6 Å². The number of rotatable bonds is 6. The number of hydrogen-bond acceptors (Lipinski definition) is 6. The van der Waals surface area contributed by atoms with Gasteiger partial charge in [-0.1, -0.05) is 23.7 Å². The lowest BCUT2D eigenvalue weighted by Gasteiger charge is -2.21. The molecule has 0 amide bonds. The lowest BCUT2D eigenvalue weighted by molar-refractivity contribution is 0.0687. The summed E-state index contributed by atoms with van der Waals surface area (Å²) in [5.74, 6) is -0.0367. The normalized spacial score (nSPS) is 13.6. The van der Waals surface area contributed by atoms with Crippen molar-refractivity contribution in [3.63, 3.8) is 0 Å². The number of anilines is 1. The van der Waals surface area contributed by atoms with Gasteiger partial charge in [0.1, 0.15) is 11.4 Å². The van der Waals surface area contributed by atoms with Crippen molar-refractivity contribution in [2.45, 2.75) is 52.4 Å². The fourth-order valence-corrected chi connectivity index (χ4v) is 4.12. The minimum atomic E-state index is -1.13. The Morgan fingerprint density at radius 2 is 1.71 bits per heavy atom. The molecule has 2 heterocycles. The number of hydrogen-bond donors (Lipinski definition) is 3. The molecule has 0 radical (unpaired) electrons. The number of nitrogens with zero attached hydrogens (tertiary/aromatic N) is 3. The zero-order valence-corrected chi connectivity index (χ0v) is 21.0. The van der Waals surface area contributed by atoms with Crippen LogP contribution in [0.4, 0.5) is 10.1 Å². The Kier molecular flexibility index (Phi) is 6.77. The van der Waals surface area contributed by atoms with Crippen molar-refractivity contribution < 1.29 is 14.6 Å². The van der Waals surface area contributed by atoms with Gasteiger partial charge in [0, 0.05) is 28.9 Å². The molecule has 0 saturated heterocycles. The van der Waals surface area contributed by atoms with E-state index in [1.54, 1.807) is 45.3 Å². The number of aromatic nitrogens is 3. The van der Waals surface area contributed by atoms with E-state index in [0.29, 0.717) is 33.4 Å². The van der Waals surface area contributed by atoms with Crippen molar-refractivity contribution in [2.24, 2.45) is 0 Å². The number of aliphatic hydroxyl groups excluding tert-OH is 1. The van der Waals surface area contributed by atoms with Crippen LogP contribution in [0.2, 0.25) is 5.02 Å². The molecule has 4 aromatic rings. The Hall–Kier alpha value is -3.13. The quantitative estimate of drug-likeness (QED) is 0.293. The van der Waals surface area contributed by atoms with Gasteiger partial charge >= 0.3 is 0 Å². The summed E-state index contributed by atoms with van der Waals surface area (Å²) in [6, 6.07) is 9.92. The summed E-state index contributed by atoms with van der Waals surface area (Å²) in [5, 5.41) is 24.6. The maximum atomic E-state index is 14.7. The van der Waals surface area contributed by atoms with Crippen LogP contribution in [-0.4, -0.2) is 25.2 Å². The predicted molar refractivity (Wildman–Crippen MR) is 137 cm³/mol. The number of nitrogens with one attached hydrogen (secondary N) is 1. The van der Waals surface area contributed by atoms with Gasteiger partial charge in [-0.2, -0.15) is 0 Å². The van der Waals surface area contributed by atoms with Gasteiger partial charge in [0.15, 0.2) is 5.82 Å². The summed E-state index contributed by atoms with van der Waals surface area (Å²) < 4.78 is 14.7. The molecule has 2 aromatic heterocycles. The van der Waals surface area contributed by atoms with Gasteiger partial charge in [-0.3, -0.25) is 4.98 Å². The predicted octanol–water partition coefficient (Wildman–Crippen LogP) is 6.25. The van der Waals surface area contributed by atoms with Crippen LogP contribution < -0.4 is 5.32 Å². The highest BCUT2D eigenvalue weighted by molar-refractivity contribution is 6.35. The zero-order chi connectivity index (χ0) is 25.5. The summed E-state index contributed by atoms with van der Waals surface area (Å²) in [6.45, 7) is 8.57. The highest BCUT2D eigenvalue weighted by atomic mass is 35.5. The first-order valence-electron chi connectivity index (χ1n) is 11.3. The Morgan fingerprint density at radius 1 is 1.03 bits per heavy atom. The minimum absolute atomic E-state index is 0.333. The van der Waals surface area contributed by atoms with E-state index >= 15 is 0 Å². The van der Waals surface area contributed by atoms with Gasteiger partial charge in [-0.05, 0) is 70.0 Å². The van der Waals surface area contributed by atoms with Crippen LogP contribution in [-0.2, 0) is 5.60 Å².